The minimum atomic E-state index is -0.967. The summed E-state index contributed by atoms with van der Waals surface area (Å²) in [4.78, 5) is 35.4. The summed E-state index contributed by atoms with van der Waals surface area (Å²) in [6.45, 7) is 1.81. The third-order valence-corrected chi connectivity index (χ3v) is 4.34. The van der Waals surface area contributed by atoms with Gasteiger partial charge < -0.3 is 10.0 Å². The number of carbonyl (C=O) groups excluding carboxylic acids is 2. The largest absolute Gasteiger partial charge is 0.480 e. The molecular weight excluding hydrogens is 274 g/mol. The van der Waals surface area contributed by atoms with Crippen LogP contribution in [0.3, 0.4) is 0 Å². The Balaban J connectivity index is 2.65. The molecule has 0 aromatic carbocycles. The Morgan fingerprint density at radius 1 is 1.56 bits per heavy atom. The fourth-order valence-corrected chi connectivity index (χ4v) is 3.34. The first-order valence-corrected chi connectivity index (χ1v) is 7.91. The molecule has 7 heteroatoms. The summed E-state index contributed by atoms with van der Waals surface area (Å²) in [5.41, 5.74) is 0. The Hall–Kier alpha value is -0.690. The molecule has 1 heterocycles. The summed E-state index contributed by atoms with van der Waals surface area (Å²) >= 11 is 2.68. The summed E-state index contributed by atoms with van der Waals surface area (Å²) in [5, 5.41) is 9.03. The summed E-state index contributed by atoms with van der Waals surface area (Å²) in [7, 11) is 0. The first kappa shape index (κ1) is 15.4. The normalized spacial score (nSPS) is 21.1. The molecule has 1 aliphatic rings. The summed E-state index contributed by atoms with van der Waals surface area (Å²) in [6, 6.07) is -0.762. The molecule has 0 saturated carbocycles. The van der Waals surface area contributed by atoms with Gasteiger partial charge in [-0.05, 0) is 18.4 Å². The number of rotatable bonds is 6. The highest BCUT2D eigenvalue weighted by atomic mass is 32.2. The van der Waals surface area contributed by atoms with E-state index in [9.17, 15) is 14.4 Å². The monoisotopic (exact) mass is 291 g/mol. The van der Waals surface area contributed by atoms with E-state index < -0.39 is 12.0 Å². The van der Waals surface area contributed by atoms with E-state index in [-0.39, 0.29) is 22.7 Å². The van der Waals surface area contributed by atoms with E-state index in [1.807, 2.05) is 6.26 Å². The van der Waals surface area contributed by atoms with Crippen LogP contribution >= 0.6 is 23.5 Å². The van der Waals surface area contributed by atoms with Crippen LogP contribution in [0.15, 0.2) is 0 Å². The number of hydrogen-bond acceptors (Lipinski definition) is 5. The van der Waals surface area contributed by atoms with E-state index in [1.165, 1.54) is 11.8 Å². The fraction of sp³-hybridized carbons (Fsp3) is 0.727. The van der Waals surface area contributed by atoms with Crippen LogP contribution in [0.5, 0.6) is 0 Å². The molecule has 18 heavy (non-hydrogen) atoms. The topological polar surface area (TPSA) is 74.7 Å². The lowest BCUT2D eigenvalue weighted by Gasteiger charge is -2.24. The predicted molar refractivity (Wildman–Crippen MR) is 72.8 cm³/mol. The lowest BCUT2D eigenvalue weighted by molar-refractivity contribution is -0.148. The second kappa shape index (κ2) is 7.04. The van der Waals surface area contributed by atoms with Crippen molar-refractivity contribution >= 4 is 40.5 Å². The van der Waals surface area contributed by atoms with E-state index in [0.29, 0.717) is 18.7 Å². The van der Waals surface area contributed by atoms with Crippen LogP contribution in [0, 0.1) is 0 Å². The maximum absolute atomic E-state index is 11.8. The Morgan fingerprint density at radius 2 is 2.22 bits per heavy atom. The Morgan fingerprint density at radius 3 is 2.72 bits per heavy atom. The molecule has 0 bridgehead atoms. The zero-order valence-electron chi connectivity index (χ0n) is 10.4. The van der Waals surface area contributed by atoms with Crippen molar-refractivity contribution in [3.63, 3.8) is 0 Å². The number of carboxylic acids is 1. The van der Waals surface area contributed by atoms with Crippen LogP contribution in [0.2, 0.25) is 0 Å². The average molecular weight is 291 g/mol. The molecule has 1 amide bonds. The van der Waals surface area contributed by atoms with Crippen molar-refractivity contribution in [2.75, 3.05) is 18.6 Å². The Bertz CT molecular complexity index is 348. The van der Waals surface area contributed by atoms with E-state index in [1.54, 1.807) is 11.8 Å². The van der Waals surface area contributed by atoms with Crippen molar-refractivity contribution < 1.29 is 19.5 Å². The van der Waals surface area contributed by atoms with Gasteiger partial charge in [-0.2, -0.15) is 11.8 Å². The zero-order chi connectivity index (χ0) is 13.7. The quantitative estimate of drug-likeness (QED) is 0.789. The van der Waals surface area contributed by atoms with Crippen molar-refractivity contribution in [1.82, 2.24) is 4.90 Å². The van der Waals surface area contributed by atoms with Gasteiger partial charge in [-0.15, -0.1) is 0 Å². The van der Waals surface area contributed by atoms with Crippen LogP contribution in [-0.4, -0.2) is 56.8 Å². The van der Waals surface area contributed by atoms with Crippen molar-refractivity contribution in [1.29, 1.82) is 0 Å². The van der Waals surface area contributed by atoms with Crippen LogP contribution in [-0.2, 0) is 14.4 Å². The first-order chi connectivity index (χ1) is 8.45. The molecule has 0 spiro atoms. The second-order valence-electron chi connectivity index (χ2n) is 4.12. The molecule has 1 rings (SSSR count). The third-order valence-electron chi connectivity index (χ3n) is 2.71. The Labute approximate surface area is 115 Å². The summed E-state index contributed by atoms with van der Waals surface area (Å²) in [6.07, 6.45) is 2.60. The molecule has 2 atom stereocenters. The van der Waals surface area contributed by atoms with Gasteiger partial charge in [0.2, 0.25) is 5.91 Å². The second-order valence-corrected chi connectivity index (χ2v) is 6.58. The molecule has 0 aromatic rings. The SMILES string of the molecule is CSCC[C@@H](C(=O)O)N1CC(SC(C)=O)CC1=O. The molecule has 0 aromatic heterocycles. The van der Waals surface area contributed by atoms with Crippen molar-refractivity contribution in [2.45, 2.75) is 31.1 Å². The lowest BCUT2D eigenvalue weighted by atomic mass is 10.2. The third kappa shape index (κ3) is 4.20. The standard InChI is InChI=1S/C11H17NO4S2/c1-7(13)18-8-5-10(14)12(6-8)9(11(15)16)3-4-17-2/h8-9H,3-6H2,1-2H3,(H,15,16)/t8?,9-/m0/s1. The molecule has 102 valence electrons. The van der Waals surface area contributed by atoms with E-state index in [4.69, 9.17) is 5.11 Å². The van der Waals surface area contributed by atoms with Crippen LogP contribution in [0.4, 0.5) is 0 Å². The number of hydrogen-bond donors (Lipinski definition) is 1. The van der Waals surface area contributed by atoms with E-state index in [0.717, 1.165) is 11.8 Å². The molecule has 5 nitrogen and oxygen atoms in total. The van der Waals surface area contributed by atoms with Gasteiger partial charge in [0.25, 0.3) is 0 Å². The maximum atomic E-state index is 11.8. The van der Waals surface area contributed by atoms with Gasteiger partial charge in [-0.3, -0.25) is 9.59 Å². The smallest absolute Gasteiger partial charge is 0.326 e. The van der Waals surface area contributed by atoms with Crippen LogP contribution < -0.4 is 0 Å². The number of thioether (sulfide) groups is 2. The van der Waals surface area contributed by atoms with Crippen molar-refractivity contribution in [3.05, 3.63) is 0 Å². The molecule has 1 N–H and O–H groups in total. The fourth-order valence-electron chi connectivity index (χ4n) is 1.95. The van der Waals surface area contributed by atoms with Gasteiger partial charge in [0.15, 0.2) is 5.12 Å². The van der Waals surface area contributed by atoms with Gasteiger partial charge in [0, 0.05) is 25.1 Å². The number of carboxylic acid groups (broad SMARTS) is 1. The molecule has 1 aliphatic heterocycles. The minimum absolute atomic E-state index is 0.0364. The minimum Gasteiger partial charge on any atom is -0.480 e. The van der Waals surface area contributed by atoms with Gasteiger partial charge in [0.05, 0.1) is 0 Å². The number of likely N-dealkylation sites (tertiary alicyclic amines) is 1. The van der Waals surface area contributed by atoms with E-state index in [2.05, 4.69) is 0 Å². The van der Waals surface area contributed by atoms with Gasteiger partial charge >= 0.3 is 5.97 Å². The summed E-state index contributed by atoms with van der Waals surface area (Å²) < 4.78 is 0. The maximum Gasteiger partial charge on any atom is 0.326 e. The van der Waals surface area contributed by atoms with Gasteiger partial charge in [-0.1, -0.05) is 11.8 Å². The first-order valence-electron chi connectivity index (χ1n) is 5.64. The number of carbonyl (C=O) groups is 3. The molecule has 0 radical (unpaired) electrons. The highest BCUT2D eigenvalue weighted by Gasteiger charge is 2.38. The number of aliphatic carboxylic acids is 1. The van der Waals surface area contributed by atoms with Gasteiger partial charge in [-0.25, -0.2) is 4.79 Å². The van der Waals surface area contributed by atoms with Crippen molar-refractivity contribution in [3.8, 4) is 0 Å². The van der Waals surface area contributed by atoms with Gasteiger partial charge in [0.1, 0.15) is 6.04 Å². The molecule has 1 saturated heterocycles. The predicted octanol–water partition coefficient (Wildman–Crippen LogP) is 1.07. The van der Waals surface area contributed by atoms with Crippen molar-refractivity contribution in [2.24, 2.45) is 0 Å². The molecule has 1 unspecified atom stereocenters. The molecule has 1 fully saturated rings. The van der Waals surface area contributed by atoms with Crippen LogP contribution in [0.25, 0.3) is 0 Å². The highest BCUT2D eigenvalue weighted by molar-refractivity contribution is 8.14. The molecule has 0 aliphatic carbocycles. The zero-order valence-corrected chi connectivity index (χ0v) is 12.1. The lowest BCUT2D eigenvalue weighted by Crippen LogP contribution is -2.42. The van der Waals surface area contributed by atoms with Crippen LogP contribution in [0.1, 0.15) is 19.8 Å². The summed E-state index contributed by atoms with van der Waals surface area (Å²) in [5.74, 6) is -0.432. The number of amides is 1. The number of nitrogens with zero attached hydrogens (tertiary/aromatic N) is 1. The Kier molecular flexibility index (Phi) is 6.01. The highest BCUT2D eigenvalue weighted by Crippen LogP contribution is 2.26. The average Bonchev–Trinajstić information content (AvgIpc) is 2.59. The molecular formula is C11H17NO4S2. The van der Waals surface area contributed by atoms with E-state index >= 15 is 0 Å².